The van der Waals surface area contributed by atoms with Gasteiger partial charge in [0.2, 0.25) is 0 Å². The van der Waals surface area contributed by atoms with E-state index in [4.69, 9.17) is 9.72 Å². The van der Waals surface area contributed by atoms with Gasteiger partial charge in [0.1, 0.15) is 0 Å². The van der Waals surface area contributed by atoms with E-state index >= 15 is 0 Å². The van der Waals surface area contributed by atoms with E-state index in [1.165, 1.54) is 7.11 Å². The Balaban J connectivity index is 2.37. The van der Waals surface area contributed by atoms with Gasteiger partial charge in [0.05, 0.1) is 35.1 Å². The lowest BCUT2D eigenvalue weighted by Gasteiger charge is -2.06. The van der Waals surface area contributed by atoms with E-state index in [1.54, 1.807) is 15.4 Å². The first kappa shape index (κ1) is 15.2. The molecule has 0 fully saturated rings. The van der Waals surface area contributed by atoms with Crippen molar-refractivity contribution in [2.24, 2.45) is 7.05 Å². The predicted octanol–water partition coefficient (Wildman–Crippen LogP) is 2.26. The highest BCUT2D eigenvalue weighted by molar-refractivity contribution is 6.05. The van der Waals surface area contributed by atoms with Crippen molar-refractivity contribution >= 4 is 17.0 Å². The number of carbonyl (C=O) groups excluding carboxylic acids is 1. The second-order valence-corrected chi connectivity index (χ2v) is 5.45. The van der Waals surface area contributed by atoms with Gasteiger partial charge in [-0.25, -0.2) is 14.5 Å². The van der Waals surface area contributed by atoms with Gasteiger partial charge in [-0.1, -0.05) is 0 Å². The van der Waals surface area contributed by atoms with Crippen molar-refractivity contribution in [3.05, 3.63) is 29.2 Å². The maximum atomic E-state index is 12.2. The number of hydrogen-bond acceptors (Lipinski definition) is 5. The number of nitrogens with zero attached hydrogens (tertiary/aromatic N) is 5. The molecule has 120 valence electrons. The third-order valence-electron chi connectivity index (χ3n) is 3.87. The summed E-state index contributed by atoms with van der Waals surface area (Å²) in [6.07, 6.45) is 1.89. The summed E-state index contributed by atoms with van der Waals surface area (Å²) in [6, 6.07) is 1.76. The van der Waals surface area contributed by atoms with Crippen LogP contribution in [0.1, 0.15) is 28.7 Å². The smallest absolute Gasteiger partial charge is 0.338 e. The van der Waals surface area contributed by atoms with Crippen LogP contribution < -0.4 is 0 Å². The van der Waals surface area contributed by atoms with Gasteiger partial charge in [-0.05, 0) is 26.8 Å². The molecular formula is C16H19N5O2. The fourth-order valence-electron chi connectivity index (χ4n) is 2.83. The lowest BCUT2D eigenvalue weighted by molar-refractivity contribution is 0.0603. The van der Waals surface area contributed by atoms with Crippen molar-refractivity contribution < 1.29 is 9.53 Å². The average Bonchev–Trinajstić information content (AvgIpc) is 3.04. The zero-order valence-electron chi connectivity index (χ0n) is 13.9. The lowest BCUT2D eigenvalue weighted by Crippen LogP contribution is -2.05. The topological polar surface area (TPSA) is 74.8 Å². The van der Waals surface area contributed by atoms with Crippen LogP contribution in [0.15, 0.2) is 12.3 Å². The largest absolute Gasteiger partial charge is 0.465 e. The molecule has 3 aromatic heterocycles. The van der Waals surface area contributed by atoms with Gasteiger partial charge in [-0.2, -0.15) is 10.2 Å². The number of aryl methyl sites for hydroxylation is 4. The van der Waals surface area contributed by atoms with Crippen LogP contribution in [-0.4, -0.2) is 37.6 Å². The molecule has 23 heavy (non-hydrogen) atoms. The number of aromatic nitrogens is 5. The molecule has 0 aromatic carbocycles. The number of carbonyl (C=O) groups is 1. The molecule has 3 rings (SSSR count). The van der Waals surface area contributed by atoms with Gasteiger partial charge in [-0.3, -0.25) is 4.68 Å². The Morgan fingerprint density at radius 3 is 2.57 bits per heavy atom. The van der Waals surface area contributed by atoms with Crippen LogP contribution in [0.5, 0.6) is 0 Å². The van der Waals surface area contributed by atoms with E-state index in [-0.39, 0.29) is 5.97 Å². The molecule has 0 unspecified atom stereocenters. The van der Waals surface area contributed by atoms with Crippen molar-refractivity contribution in [2.75, 3.05) is 7.11 Å². The summed E-state index contributed by atoms with van der Waals surface area (Å²) in [5.74, 6) is -0.390. The predicted molar refractivity (Wildman–Crippen MR) is 86.2 cm³/mol. The number of fused-ring (bicyclic) bond motifs is 1. The number of esters is 1. The van der Waals surface area contributed by atoms with Crippen molar-refractivity contribution in [1.82, 2.24) is 24.5 Å². The van der Waals surface area contributed by atoms with Crippen LogP contribution in [-0.2, 0) is 18.3 Å². The summed E-state index contributed by atoms with van der Waals surface area (Å²) in [4.78, 5) is 17.0. The van der Waals surface area contributed by atoms with Crippen molar-refractivity contribution in [3.8, 4) is 11.3 Å². The monoisotopic (exact) mass is 313 g/mol. The Hall–Kier alpha value is -2.70. The summed E-state index contributed by atoms with van der Waals surface area (Å²) in [5, 5.41) is 9.56. The number of ether oxygens (including phenoxy) is 1. The Morgan fingerprint density at radius 1 is 1.26 bits per heavy atom. The molecule has 0 N–H and O–H groups in total. The fourth-order valence-corrected chi connectivity index (χ4v) is 2.83. The molecule has 7 nitrogen and oxygen atoms in total. The summed E-state index contributed by atoms with van der Waals surface area (Å²) in [5.41, 5.74) is 4.37. The number of hydrogen-bond donors (Lipinski definition) is 0. The Labute approximate surface area is 133 Å². The maximum absolute atomic E-state index is 12.2. The number of methoxy groups -OCH3 is 1. The Morgan fingerprint density at radius 2 is 2.00 bits per heavy atom. The van der Waals surface area contributed by atoms with Crippen molar-refractivity contribution in [1.29, 1.82) is 0 Å². The zero-order chi connectivity index (χ0) is 16.7. The quantitative estimate of drug-likeness (QED) is 0.693. The van der Waals surface area contributed by atoms with Crippen LogP contribution in [0, 0.1) is 13.8 Å². The van der Waals surface area contributed by atoms with E-state index in [9.17, 15) is 4.79 Å². The minimum absolute atomic E-state index is 0.390. The molecule has 0 amide bonds. The van der Waals surface area contributed by atoms with Crippen LogP contribution in [0.3, 0.4) is 0 Å². The first-order valence-electron chi connectivity index (χ1n) is 7.43. The molecule has 0 atom stereocenters. The normalized spacial score (nSPS) is 11.2. The SMILES string of the molecule is CCn1nc(C)c2c(C(=O)OC)cc(-c3cn(C)nc3C)nc21. The molecule has 0 aliphatic carbocycles. The van der Waals surface area contributed by atoms with Gasteiger partial charge in [-0.15, -0.1) is 0 Å². The van der Waals surface area contributed by atoms with Crippen LogP contribution in [0.4, 0.5) is 0 Å². The van der Waals surface area contributed by atoms with Crippen LogP contribution in [0.25, 0.3) is 22.3 Å². The molecule has 0 saturated heterocycles. The lowest BCUT2D eigenvalue weighted by atomic mass is 10.1. The first-order valence-corrected chi connectivity index (χ1v) is 7.43. The van der Waals surface area contributed by atoms with Gasteiger partial charge in [0.25, 0.3) is 0 Å². The summed E-state index contributed by atoms with van der Waals surface area (Å²) < 4.78 is 8.47. The molecule has 3 aromatic rings. The highest BCUT2D eigenvalue weighted by Crippen LogP contribution is 2.28. The third-order valence-corrected chi connectivity index (χ3v) is 3.87. The molecule has 3 heterocycles. The standard InChI is InChI=1S/C16H19N5O2/c1-6-21-15-14(10(3)19-21)11(16(22)23-5)7-13(17-15)12-8-20(4)18-9(12)2/h7-8H,6H2,1-5H3. The molecule has 0 bridgehead atoms. The van der Waals surface area contributed by atoms with E-state index in [1.807, 2.05) is 34.0 Å². The molecule has 7 heteroatoms. The molecule has 0 aliphatic rings. The minimum Gasteiger partial charge on any atom is -0.465 e. The number of pyridine rings is 1. The molecule has 0 saturated carbocycles. The second-order valence-electron chi connectivity index (χ2n) is 5.45. The Bertz CT molecular complexity index is 907. The van der Waals surface area contributed by atoms with Gasteiger partial charge in [0, 0.05) is 25.4 Å². The minimum atomic E-state index is -0.390. The zero-order valence-corrected chi connectivity index (χ0v) is 13.9. The second kappa shape index (κ2) is 5.49. The van der Waals surface area contributed by atoms with Crippen molar-refractivity contribution in [3.63, 3.8) is 0 Å². The first-order chi connectivity index (χ1) is 11.0. The van der Waals surface area contributed by atoms with E-state index in [0.29, 0.717) is 23.4 Å². The highest BCUT2D eigenvalue weighted by Gasteiger charge is 2.21. The molecular weight excluding hydrogens is 294 g/mol. The maximum Gasteiger partial charge on any atom is 0.338 e. The molecule has 0 radical (unpaired) electrons. The highest BCUT2D eigenvalue weighted by atomic mass is 16.5. The van der Waals surface area contributed by atoms with Gasteiger partial charge < -0.3 is 4.74 Å². The molecule has 0 spiro atoms. The number of rotatable bonds is 3. The van der Waals surface area contributed by atoms with Crippen LogP contribution in [0.2, 0.25) is 0 Å². The molecule has 0 aliphatic heterocycles. The van der Waals surface area contributed by atoms with E-state index in [2.05, 4.69) is 10.2 Å². The summed E-state index contributed by atoms with van der Waals surface area (Å²) >= 11 is 0. The van der Waals surface area contributed by atoms with Gasteiger partial charge >= 0.3 is 5.97 Å². The van der Waals surface area contributed by atoms with Crippen molar-refractivity contribution in [2.45, 2.75) is 27.3 Å². The fraction of sp³-hybridized carbons (Fsp3) is 0.375. The van der Waals surface area contributed by atoms with E-state index < -0.39 is 0 Å². The van der Waals surface area contributed by atoms with Gasteiger partial charge in [0.15, 0.2) is 5.65 Å². The third kappa shape index (κ3) is 2.38. The summed E-state index contributed by atoms with van der Waals surface area (Å²) in [6.45, 7) is 6.46. The van der Waals surface area contributed by atoms with Crippen LogP contribution >= 0.6 is 0 Å². The summed E-state index contributed by atoms with van der Waals surface area (Å²) in [7, 11) is 3.24. The van der Waals surface area contributed by atoms with E-state index in [0.717, 1.165) is 22.3 Å². The average molecular weight is 313 g/mol. The Kier molecular flexibility index (Phi) is 3.63.